The molecule has 0 heterocycles. The van der Waals surface area contributed by atoms with Gasteiger partial charge in [0.25, 0.3) is 0 Å². The number of benzene rings is 11. The van der Waals surface area contributed by atoms with Crippen molar-refractivity contribution in [3.8, 4) is 44.5 Å². The average Bonchev–Trinajstić information content (AvgIpc) is 3.68. The van der Waals surface area contributed by atoms with Crippen LogP contribution in [-0.2, 0) is 5.41 Å². The van der Waals surface area contributed by atoms with Gasteiger partial charge in [0.15, 0.2) is 0 Å². The lowest BCUT2D eigenvalue weighted by Crippen LogP contribution is -2.28. The van der Waals surface area contributed by atoms with Crippen LogP contribution >= 0.6 is 0 Å². The van der Waals surface area contributed by atoms with E-state index < -0.39 is 5.41 Å². The first kappa shape index (κ1) is 37.5. The summed E-state index contributed by atoms with van der Waals surface area (Å²) in [5, 5.41) is 4.92. The number of anilines is 3. The Morgan fingerprint density at radius 1 is 0.266 bits per heavy atom. The molecule has 0 amide bonds. The minimum Gasteiger partial charge on any atom is -0.310 e. The molecule has 0 atom stereocenters. The molecule has 1 aliphatic rings. The summed E-state index contributed by atoms with van der Waals surface area (Å²) < 4.78 is 0. The van der Waals surface area contributed by atoms with Crippen molar-refractivity contribution in [2.75, 3.05) is 4.90 Å². The van der Waals surface area contributed by atoms with Crippen molar-refractivity contribution in [1.29, 1.82) is 0 Å². The lowest BCUT2D eigenvalue weighted by Gasteiger charge is -2.34. The van der Waals surface area contributed by atoms with Gasteiger partial charge in [-0.2, -0.15) is 0 Å². The molecule has 0 N–H and O–H groups in total. The molecular formula is C63H43N. The summed E-state index contributed by atoms with van der Waals surface area (Å²) in [7, 11) is 0. The summed E-state index contributed by atoms with van der Waals surface area (Å²) in [4.78, 5) is 2.47. The fourth-order valence-corrected chi connectivity index (χ4v) is 10.5. The first-order valence-corrected chi connectivity index (χ1v) is 22.2. The van der Waals surface area contributed by atoms with Gasteiger partial charge in [0.05, 0.1) is 11.1 Å². The fourth-order valence-electron chi connectivity index (χ4n) is 10.5. The highest BCUT2D eigenvalue weighted by atomic mass is 15.1. The molecule has 0 spiro atoms. The van der Waals surface area contributed by atoms with Crippen LogP contribution in [0.25, 0.3) is 66.1 Å². The van der Waals surface area contributed by atoms with E-state index in [2.05, 4.69) is 266 Å². The zero-order valence-corrected chi connectivity index (χ0v) is 35.3. The molecule has 0 bridgehead atoms. The standard InChI is InChI=1S/C63H43N/c1-4-18-46(19-5-1)53-25-12-13-26-54(53)47-34-32-44(33-35-47)45-36-38-51(39-37-45)64(62-42-48-20-10-11-27-55(48)56-28-14-15-30-58(56)62)52-40-41-61-59(43-52)57-29-16-17-31-60(57)63(61,49-21-6-2-7-22-49)50-23-8-3-9-24-50/h1-43H. The molecule has 0 saturated heterocycles. The normalized spacial score (nSPS) is 12.5. The van der Waals surface area contributed by atoms with Gasteiger partial charge >= 0.3 is 0 Å². The molecule has 300 valence electrons. The van der Waals surface area contributed by atoms with E-state index in [4.69, 9.17) is 0 Å². The summed E-state index contributed by atoms with van der Waals surface area (Å²) in [6.45, 7) is 0. The van der Waals surface area contributed by atoms with Gasteiger partial charge in [-0.25, -0.2) is 0 Å². The molecule has 1 nitrogen and oxygen atoms in total. The molecule has 1 heteroatoms. The van der Waals surface area contributed by atoms with Crippen molar-refractivity contribution in [2.24, 2.45) is 0 Å². The minimum atomic E-state index is -0.464. The smallest absolute Gasteiger partial charge is 0.0713 e. The van der Waals surface area contributed by atoms with E-state index in [0.717, 1.165) is 17.1 Å². The average molecular weight is 814 g/mol. The Hall–Kier alpha value is -8.26. The highest BCUT2D eigenvalue weighted by Gasteiger charge is 2.46. The highest BCUT2D eigenvalue weighted by Crippen LogP contribution is 2.57. The number of hydrogen-bond acceptors (Lipinski definition) is 1. The van der Waals surface area contributed by atoms with Gasteiger partial charge in [0, 0.05) is 16.8 Å². The van der Waals surface area contributed by atoms with Crippen LogP contribution in [-0.4, -0.2) is 0 Å². The molecule has 12 rings (SSSR count). The van der Waals surface area contributed by atoms with Gasteiger partial charge in [0.1, 0.15) is 0 Å². The Bertz CT molecular complexity index is 3420. The van der Waals surface area contributed by atoms with Gasteiger partial charge in [-0.15, -0.1) is 0 Å². The zero-order chi connectivity index (χ0) is 42.5. The predicted molar refractivity (Wildman–Crippen MR) is 270 cm³/mol. The Morgan fingerprint density at radius 2 is 0.719 bits per heavy atom. The van der Waals surface area contributed by atoms with Crippen molar-refractivity contribution >= 4 is 38.6 Å². The number of rotatable bonds is 8. The largest absolute Gasteiger partial charge is 0.310 e. The van der Waals surface area contributed by atoms with E-state index >= 15 is 0 Å². The summed E-state index contributed by atoms with van der Waals surface area (Å²) in [5.41, 5.74) is 17.8. The second kappa shape index (κ2) is 15.6. The Kier molecular flexibility index (Phi) is 9.13. The molecule has 0 saturated carbocycles. The molecule has 0 aromatic heterocycles. The molecule has 11 aromatic carbocycles. The molecule has 0 radical (unpaired) electrons. The van der Waals surface area contributed by atoms with E-state index in [0.29, 0.717) is 0 Å². The van der Waals surface area contributed by atoms with Gasteiger partial charge in [-0.3, -0.25) is 0 Å². The van der Waals surface area contributed by atoms with Crippen LogP contribution in [0.2, 0.25) is 0 Å². The van der Waals surface area contributed by atoms with E-state index in [1.54, 1.807) is 0 Å². The zero-order valence-electron chi connectivity index (χ0n) is 35.3. The quantitative estimate of drug-likeness (QED) is 0.138. The molecule has 0 unspecified atom stereocenters. The maximum absolute atomic E-state index is 2.47. The van der Waals surface area contributed by atoms with Crippen LogP contribution in [0, 0.1) is 0 Å². The van der Waals surface area contributed by atoms with Gasteiger partial charge < -0.3 is 4.90 Å². The maximum Gasteiger partial charge on any atom is 0.0713 e. The predicted octanol–water partition coefficient (Wildman–Crippen LogP) is 16.8. The van der Waals surface area contributed by atoms with Crippen LogP contribution in [0.1, 0.15) is 22.3 Å². The fraction of sp³-hybridized carbons (Fsp3) is 0.0159. The van der Waals surface area contributed by atoms with E-state index in [1.807, 2.05) is 0 Å². The van der Waals surface area contributed by atoms with Gasteiger partial charge in [-0.1, -0.05) is 231 Å². The topological polar surface area (TPSA) is 3.24 Å². The molecule has 0 aliphatic heterocycles. The molecule has 11 aromatic rings. The second-order valence-electron chi connectivity index (χ2n) is 16.8. The summed E-state index contributed by atoms with van der Waals surface area (Å²) >= 11 is 0. The van der Waals surface area contributed by atoms with Crippen molar-refractivity contribution in [2.45, 2.75) is 5.41 Å². The lowest BCUT2D eigenvalue weighted by atomic mass is 9.68. The Labute approximate surface area is 374 Å². The first-order chi connectivity index (χ1) is 31.8. The summed E-state index contributed by atoms with van der Waals surface area (Å²) in [6, 6.07) is 95.7. The monoisotopic (exact) mass is 813 g/mol. The maximum atomic E-state index is 2.47. The van der Waals surface area contributed by atoms with Crippen molar-refractivity contribution in [1.82, 2.24) is 0 Å². The van der Waals surface area contributed by atoms with Crippen LogP contribution < -0.4 is 4.90 Å². The summed E-state index contributed by atoms with van der Waals surface area (Å²) in [5.74, 6) is 0. The third-order valence-corrected chi connectivity index (χ3v) is 13.4. The van der Waals surface area contributed by atoms with Crippen molar-refractivity contribution in [3.63, 3.8) is 0 Å². The van der Waals surface area contributed by atoms with Gasteiger partial charge in [-0.05, 0) is 113 Å². The Morgan fingerprint density at radius 3 is 1.38 bits per heavy atom. The molecule has 0 fully saturated rings. The third-order valence-electron chi connectivity index (χ3n) is 13.4. The summed E-state index contributed by atoms with van der Waals surface area (Å²) in [6.07, 6.45) is 0. The van der Waals surface area contributed by atoms with Crippen LogP contribution in [0.15, 0.2) is 261 Å². The molecular weight excluding hydrogens is 771 g/mol. The lowest BCUT2D eigenvalue weighted by molar-refractivity contribution is 0.768. The highest BCUT2D eigenvalue weighted by molar-refractivity contribution is 6.14. The van der Waals surface area contributed by atoms with Crippen LogP contribution in [0.5, 0.6) is 0 Å². The minimum absolute atomic E-state index is 0.464. The third kappa shape index (κ3) is 6.08. The number of nitrogens with zero attached hydrogens (tertiary/aromatic N) is 1. The Balaban J connectivity index is 1.01. The van der Waals surface area contributed by atoms with E-state index in [1.165, 1.54) is 88.3 Å². The number of hydrogen-bond donors (Lipinski definition) is 0. The number of fused-ring (bicyclic) bond motifs is 6. The molecule has 1 aliphatic carbocycles. The molecule has 64 heavy (non-hydrogen) atoms. The van der Waals surface area contributed by atoms with E-state index in [-0.39, 0.29) is 0 Å². The van der Waals surface area contributed by atoms with Gasteiger partial charge in [0.2, 0.25) is 0 Å². The van der Waals surface area contributed by atoms with Crippen LogP contribution in [0.3, 0.4) is 0 Å². The van der Waals surface area contributed by atoms with Crippen molar-refractivity contribution < 1.29 is 0 Å². The van der Waals surface area contributed by atoms with Crippen LogP contribution in [0.4, 0.5) is 17.1 Å². The SMILES string of the molecule is c1ccc(-c2ccccc2-c2ccc(-c3ccc(N(c4ccc5c(c4)-c4ccccc4C5(c4ccccc4)c4ccccc4)c4cc5ccccc5c5ccccc45)cc3)cc2)cc1. The second-order valence-corrected chi connectivity index (χ2v) is 16.8. The first-order valence-electron chi connectivity index (χ1n) is 22.2. The van der Waals surface area contributed by atoms with Crippen molar-refractivity contribution in [3.05, 3.63) is 283 Å². The van der Waals surface area contributed by atoms with E-state index in [9.17, 15) is 0 Å².